The standard InChI is InChI=1S/C13H8BrClFN3/c14-10-1-2-12-9(4-10)6-18-19(12)7-8-3-11(15)13(16)17-5-8/h1-6H,7H2. The maximum atomic E-state index is 13.0. The summed E-state index contributed by atoms with van der Waals surface area (Å²) < 4.78 is 15.8. The highest BCUT2D eigenvalue weighted by Gasteiger charge is 2.06. The van der Waals surface area contributed by atoms with Crippen LogP contribution < -0.4 is 0 Å². The summed E-state index contributed by atoms with van der Waals surface area (Å²) in [5, 5.41) is 5.38. The zero-order valence-corrected chi connectivity index (χ0v) is 12.0. The minimum Gasteiger partial charge on any atom is -0.260 e. The third-order valence-electron chi connectivity index (χ3n) is 2.79. The third-order valence-corrected chi connectivity index (χ3v) is 3.55. The van der Waals surface area contributed by atoms with E-state index in [4.69, 9.17) is 11.6 Å². The highest BCUT2D eigenvalue weighted by molar-refractivity contribution is 9.10. The Bertz CT molecular complexity index is 757. The van der Waals surface area contributed by atoms with E-state index in [0.717, 1.165) is 20.9 Å². The van der Waals surface area contributed by atoms with Gasteiger partial charge in [0, 0.05) is 16.1 Å². The minimum atomic E-state index is -0.653. The van der Waals surface area contributed by atoms with Crippen LogP contribution in [0.5, 0.6) is 0 Å². The molecular formula is C13H8BrClFN3. The van der Waals surface area contributed by atoms with Crippen LogP contribution in [0, 0.1) is 5.95 Å². The van der Waals surface area contributed by atoms with Gasteiger partial charge in [0.1, 0.15) is 0 Å². The minimum absolute atomic E-state index is 0.0247. The zero-order valence-electron chi connectivity index (χ0n) is 9.65. The van der Waals surface area contributed by atoms with E-state index in [9.17, 15) is 4.39 Å². The molecule has 0 radical (unpaired) electrons. The summed E-state index contributed by atoms with van der Waals surface area (Å²) >= 11 is 9.14. The number of benzene rings is 1. The molecule has 0 saturated heterocycles. The number of rotatable bonds is 2. The Morgan fingerprint density at radius 3 is 2.89 bits per heavy atom. The molecule has 96 valence electrons. The maximum Gasteiger partial charge on any atom is 0.231 e. The predicted octanol–water partition coefficient (Wildman–Crippen LogP) is 4.03. The van der Waals surface area contributed by atoms with Gasteiger partial charge < -0.3 is 0 Å². The molecule has 0 unspecified atom stereocenters. The van der Waals surface area contributed by atoms with Gasteiger partial charge in [-0.1, -0.05) is 27.5 Å². The first-order chi connectivity index (χ1) is 9.13. The van der Waals surface area contributed by atoms with Gasteiger partial charge in [0.2, 0.25) is 5.95 Å². The van der Waals surface area contributed by atoms with Gasteiger partial charge in [-0.2, -0.15) is 9.49 Å². The van der Waals surface area contributed by atoms with Crippen LogP contribution in [-0.2, 0) is 6.54 Å². The molecule has 0 amide bonds. The van der Waals surface area contributed by atoms with Crippen LogP contribution in [0.1, 0.15) is 5.56 Å². The number of pyridine rings is 1. The first kappa shape index (κ1) is 12.6. The van der Waals surface area contributed by atoms with Crippen molar-refractivity contribution in [2.75, 3.05) is 0 Å². The number of nitrogens with zero attached hydrogens (tertiary/aromatic N) is 3. The Labute approximate surface area is 122 Å². The lowest BCUT2D eigenvalue weighted by Gasteiger charge is -2.04. The van der Waals surface area contributed by atoms with Crippen molar-refractivity contribution in [1.29, 1.82) is 0 Å². The quantitative estimate of drug-likeness (QED) is 0.659. The summed E-state index contributed by atoms with van der Waals surface area (Å²) in [4.78, 5) is 3.61. The molecule has 3 rings (SSSR count). The molecule has 19 heavy (non-hydrogen) atoms. The van der Waals surface area contributed by atoms with Gasteiger partial charge in [-0.3, -0.25) is 4.68 Å². The Morgan fingerprint density at radius 1 is 1.26 bits per heavy atom. The van der Waals surface area contributed by atoms with Gasteiger partial charge in [0.25, 0.3) is 0 Å². The fourth-order valence-corrected chi connectivity index (χ4v) is 2.47. The number of hydrogen-bond donors (Lipinski definition) is 0. The van der Waals surface area contributed by atoms with Crippen molar-refractivity contribution in [2.45, 2.75) is 6.54 Å². The largest absolute Gasteiger partial charge is 0.260 e. The Kier molecular flexibility index (Phi) is 3.24. The molecule has 0 aliphatic rings. The predicted molar refractivity (Wildman–Crippen MR) is 75.7 cm³/mol. The fraction of sp³-hybridized carbons (Fsp3) is 0.0769. The molecule has 0 bridgehead atoms. The average molecular weight is 341 g/mol. The first-order valence-electron chi connectivity index (χ1n) is 5.54. The highest BCUT2D eigenvalue weighted by Crippen LogP contribution is 2.21. The molecule has 6 heteroatoms. The van der Waals surface area contributed by atoms with Gasteiger partial charge in [-0.05, 0) is 29.8 Å². The van der Waals surface area contributed by atoms with Gasteiger partial charge >= 0.3 is 0 Å². The summed E-state index contributed by atoms with van der Waals surface area (Å²) in [6.07, 6.45) is 3.26. The van der Waals surface area contributed by atoms with E-state index in [1.807, 2.05) is 22.9 Å². The molecule has 0 spiro atoms. The first-order valence-corrected chi connectivity index (χ1v) is 6.71. The van der Waals surface area contributed by atoms with E-state index in [1.165, 1.54) is 6.20 Å². The molecule has 2 heterocycles. The van der Waals surface area contributed by atoms with Gasteiger partial charge in [0.15, 0.2) is 0 Å². The summed E-state index contributed by atoms with van der Waals surface area (Å²) in [5.74, 6) is -0.653. The summed E-state index contributed by atoms with van der Waals surface area (Å²) in [7, 11) is 0. The second-order valence-electron chi connectivity index (χ2n) is 4.12. The molecule has 1 aromatic carbocycles. The normalized spacial score (nSPS) is 11.1. The summed E-state index contributed by atoms with van der Waals surface area (Å²) in [6.45, 7) is 0.498. The number of aromatic nitrogens is 3. The molecule has 0 fully saturated rings. The van der Waals surface area contributed by atoms with Crippen molar-refractivity contribution < 1.29 is 4.39 Å². The molecule has 0 N–H and O–H groups in total. The molecule has 3 aromatic rings. The Balaban J connectivity index is 1.98. The van der Waals surface area contributed by atoms with Crippen molar-refractivity contribution in [2.24, 2.45) is 0 Å². The van der Waals surface area contributed by atoms with Crippen molar-refractivity contribution in [3.63, 3.8) is 0 Å². The molecule has 2 aromatic heterocycles. The zero-order chi connectivity index (χ0) is 13.4. The van der Waals surface area contributed by atoms with Crippen LogP contribution in [-0.4, -0.2) is 14.8 Å². The number of hydrogen-bond acceptors (Lipinski definition) is 2. The van der Waals surface area contributed by atoms with Crippen LogP contribution in [0.4, 0.5) is 4.39 Å². The van der Waals surface area contributed by atoms with Gasteiger partial charge in [-0.25, -0.2) is 4.98 Å². The molecule has 0 aliphatic carbocycles. The second kappa shape index (κ2) is 4.90. The van der Waals surface area contributed by atoms with Gasteiger partial charge in [0.05, 0.1) is 23.3 Å². The lowest BCUT2D eigenvalue weighted by molar-refractivity contribution is 0.581. The second-order valence-corrected chi connectivity index (χ2v) is 5.44. The fourth-order valence-electron chi connectivity index (χ4n) is 1.90. The summed E-state index contributed by atoms with van der Waals surface area (Å²) in [5.41, 5.74) is 1.81. The van der Waals surface area contributed by atoms with Crippen LogP contribution in [0.15, 0.2) is 41.1 Å². The topological polar surface area (TPSA) is 30.7 Å². The van der Waals surface area contributed by atoms with Crippen LogP contribution in [0.25, 0.3) is 10.9 Å². The van der Waals surface area contributed by atoms with Gasteiger partial charge in [-0.15, -0.1) is 0 Å². The lowest BCUT2D eigenvalue weighted by atomic mass is 10.2. The molecule has 3 nitrogen and oxygen atoms in total. The average Bonchev–Trinajstić information content (AvgIpc) is 2.76. The lowest BCUT2D eigenvalue weighted by Crippen LogP contribution is -2.02. The SMILES string of the molecule is Fc1ncc(Cn2ncc3cc(Br)ccc32)cc1Cl. The van der Waals surface area contributed by atoms with E-state index in [-0.39, 0.29) is 5.02 Å². The van der Waals surface area contributed by atoms with Crippen LogP contribution in [0.2, 0.25) is 5.02 Å². The van der Waals surface area contributed by atoms with E-state index in [0.29, 0.717) is 6.54 Å². The van der Waals surface area contributed by atoms with E-state index >= 15 is 0 Å². The van der Waals surface area contributed by atoms with Crippen molar-refractivity contribution in [3.8, 4) is 0 Å². The molecule has 0 saturated carbocycles. The summed E-state index contributed by atoms with van der Waals surface area (Å²) in [6, 6.07) is 7.49. The van der Waals surface area contributed by atoms with Crippen molar-refractivity contribution in [1.82, 2.24) is 14.8 Å². The molecular weight excluding hydrogens is 333 g/mol. The van der Waals surface area contributed by atoms with Crippen molar-refractivity contribution in [3.05, 3.63) is 57.7 Å². The third kappa shape index (κ3) is 2.48. The van der Waals surface area contributed by atoms with Crippen LogP contribution in [0.3, 0.4) is 0 Å². The number of fused-ring (bicyclic) bond motifs is 1. The Morgan fingerprint density at radius 2 is 2.11 bits per heavy atom. The smallest absolute Gasteiger partial charge is 0.231 e. The number of halogens is 3. The van der Waals surface area contributed by atoms with E-state index < -0.39 is 5.95 Å². The molecule has 0 aliphatic heterocycles. The maximum absolute atomic E-state index is 13.0. The van der Waals surface area contributed by atoms with E-state index in [2.05, 4.69) is 26.0 Å². The highest BCUT2D eigenvalue weighted by atomic mass is 79.9. The Hall–Kier alpha value is -1.46. The van der Waals surface area contributed by atoms with E-state index in [1.54, 1.807) is 12.3 Å². The van der Waals surface area contributed by atoms with Crippen LogP contribution >= 0.6 is 27.5 Å². The van der Waals surface area contributed by atoms with Crippen molar-refractivity contribution >= 4 is 38.4 Å². The monoisotopic (exact) mass is 339 g/mol. The molecule has 0 atom stereocenters.